The van der Waals surface area contributed by atoms with Gasteiger partial charge in [0.15, 0.2) is 0 Å². The summed E-state index contributed by atoms with van der Waals surface area (Å²) < 4.78 is 5.33. The van der Waals surface area contributed by atoms with Crippen molar-refractivity contribution in [1.82, 2.24) is 10.2 Å². The number of aromatic nitrogens is 2. The minimum absolute atomic E-state index is 0.667. The molecule has 0 radical (unpaired) electrons. The second-order valence-corrected chi connectivity index (χ2v) is 3.28. The van der Waals surface area contributed by atoms with E-state index in [1.807, 2.05) is 6.26 Å². The lowest BCUT2D eigenvalue weighted by Crippen LogP contribution is -2.00. The molecule has 0 saturated heterocycles. The van der Waals surface area contributed by atoms with Crippen molar-refractivity contribution >= 4 is 11.8 Å². The lowest BCUT2D eigenvalue weighted by Gasteiger charge is -1.90. The Labute approximate surface area is 75.9 Å². The van der Waals surface area contributed by atoms with Crippen molar-refractivity contribution in [3.8, 4) is 0 Å². The maximum atomic E-state index is 5.35. The molecule has 0 aliphatic heterocycles. The molecule has 0 atom stereocenters. The van der Waals surface area contributed by atoms with Crippen LogP contribution in [-0.4, -0.2) is 23.0 Å². The van der Waals surface area contributed by atoms with Gasteiger partial charge in [-0.15, -0.1) is 10.2 Å². The van der Waals surface area contributed by atoms with Crippen LogP contribution in [0.3, 0.4) is 0 Å². The van der Waals surface area contributed by atoms with E-state index in [0.29, 0.717) is 18.3 Å². The SMILES string of the molecule is CSCc1nnc(CCCN)o1. The van der Waals surface area contributed by atoms with Crippen LogP contribution in [0.1, 0.15) is 18.2 Å². The van der Waals surface area contributed by atoms with Gasteiger partial charge in [-0.25, -0.2) is 0 Å². The number of thioether (sulfide) groups is 1. The van der Waals surface area contributed by atoms with Gasteiger partial charge in [-0.3, -0.25) is 0 Å². The van der Waals surface area contributed by atoms with E-state index >= 15 is 0 Å². The number of hydrogen-bond acceptors (Lipinski definition) is 5. The molecular weight excluding hydrogens is 174 g/mol. The summed E-state index contributed by atoms with van der Waals surface area (Å²) in [5, 5.41) is 7.77. The molecule has 4 nitrogen and oxygen atoms in total. The van der Waals surface area contributed by atoms with E-state index in [1.54, 1.807) is 11.8 Å². The van der Waals surface area contributed by atoms with Crippen molar-refractivity contribution in [2.24, 2.45) is 5.73 Å². The van der Waals surface area contributed by atoms with Gasteiger partial charge in [-0.05, 0) is 19.2 Å². The number of rotatable bonds is 5. The molecule has 0 amide bonds. The average Bonchev–Trinajstić information content (AvgIpc) is 2.50. The van der Waals surface area contributed by atoms with Crippen molar-refractivity contribution in [1.29, 1.82) is 0 Å². The van der Waals surface area contributed by atoms with Gasteiger partial charge in [0, 0.05) is 6.42 Å². The third kappa shape index (κ3) is 2.83. The molecule has 12 heavy (non-hydrogen) atoms. The van der Waals surface area contributed by atoms with Crippen molar-refractivity contribution in [2.45, 2.75) is 18.6 Å². The number of hydrogen-bond donors (Lipinski definition) is 1. The molecule has 0 aliphatic rings. The van der Waals surface area contributed by atoms with E-state index in [0.717, 1.165) is 18.6 Å². The molecular formula is C7H13N3OS. The van der Waals surface area contributed by atoms with E-state index in [2.05, 4.69) is 10.2 Å². The van der Waals surface area contributed by atoms with E-state index in [1.165, 1.54) is 0 Å². The largest absolute Gasteiger partial charge is 0.424 e. The third-order valence-corrected chi connectivity index (χ3v) is 1.91. The molecule has 68 valence electrons. The Hall–Kier alpha value is -0.550. The lowest BCUT2D eigenvalue weighted by molar-refractivity contribution is 0.460. The first-order valence-corrected chi connectivity index (χ1v) is 5.26. The van der Waals surface area contributed by atoms with Crippen LogP contribution < -0.4 is 5.73 Å². The van der Waals surface area contributed by atoms with Crippen molar-refractivity contribution in [2.75, 3.05) is 12.8 Å². The maximum Gasteiger partial charge on any atom is 0.226 e. The normalized spacial score (nSPS) is 10.5. The van der Waals surface area contributed by atoms with Gasteiger partial charge in [-0.1, -0.05) is 0 Å². The zero-order valence-corrected chi connectivity index (χ0v) is 7.93. The van der Waals surface area contributed by atoms with Crippen LogP contribution in [0.15, 0.2) is 4.42 Å². The number of nitrogens with two attached hydrogens (primary N) is 1. The van der Waals surface area contributed by atoms with Crippen LogP contribution in [0, 0.1) is 0 Å². The standard InChI is InChI=1S/C7H13N3OS/c1-12-5-7-10-9-6(11-7)3-2-4-8/h2-5,8H2,1H3. The van der Waals surface area contributed by atoms with E-state index in [4.69, 9.17) is 10.2 Å². The van der Waals surface area contributed by atoms with Gasteiger partial charge in [-0.2, -0.15) is 11.8 Å². The lowest BCUT2D eigenvalue weighted by atomic mass is 10.3. The van der Waals surface area contributed by atoms with Gasteiger partial charge in [0.05, 0.1) is 5.75 Å². The highest BCUT2D eigenvalue weighted by atomic mass is 32.2. The fourth-order valence-corrected chi connectivity index (χ4v) is 1.19. The Kier molecular flexibility index (Phi) is 4.10. The topological polar surface area (TPSA) is 64.9 Å². The highest BCUT2D eigenvalue weighted by molar-refractivity contribution is 7.97. The first-order valence-electron chi connectivity index (χ1n) is 3.87. The Morgan fingerprint density at radius 1 is 1.42 bits per heavy atom. The molecule has 1 aromatic rings. The first kappa shape index (κ1) is 9.54. The molecule has 2 N–H and O–H groups in total. The van der Waals surface area contributed by atoms with Crippen LogP contribution >= 0.6 is 11.8 Å². The maximum absolute atomic E-state index is 5.35. The Balaban J connectivity index is 2.41. The molecule has 1 rings (SSSR count). The molecule has 0 bridgehead atoms. The van der Waals surface area contributed by atoms with Gasteiger partial charge in [0.25, 0.3) is 0 Å². The smallest absolute Gasteiger partial charge is 0.226 e. The molecule has 5 heteroatoms. The van der Waals surface area contributed by atoms with Gasteiger partial charge >= 0.3 is 0 Å². The zero-order valence-electron chi connectivity index (χ0n) is 7.12. The Bertz CT molecular complexity index is 226. The third-order valence-electron chi connectivity index (χ3n) is 1.37. The molecule has 0 saturated carbocycles. The highest BCUT2D eigenvalue weighted by Gasteiger charge is 2.03. The van der Waals surface area contributed by atoms with Gasteiger partial charge in [0.1, 0.15) is 0 Å². The summed E-state index contributed by atoms with van der Waals surface area (Å²) in [6.45, 7) is 0.667. The quantitative estimate of drug-likeness (QED) is 0.739. The van der Waals surface area contributed by atoms with Crippen LogP contribution in [-0.2, 0) is 12.2 Å². The van der Waals surface area contributed by atoms with Crippen LogP contribution in [0.5, 0.6) is 0 Å². The van der Waals surface area contributed by atoms with Crippen molar-refractivity contribution < 1.29 is 4.42 Å². The van der Waals surface area contributed by atoms with Crippen LogP contribution in [0.25, 0.3) is 0 Å². The molecule has 0 aromatic carbocycles. The summed E-state index contributed by atoms with van der Waals surface area (Å²) >= 11 is 1.67. The summed E-state index contributed by atoms with van der Waals surface area (Å²) in [4.78, 5) is 0. The first-order chi connectivity index (χ1) is 5.86. The van der Waals surface area contributed by atoms with Crippen molar-refractivity contribution in [3.05, 3.63) is 11.8 Å². The van der Waals surface area contributed by atoms with E-state index in [-0.39, 0.29) is 0 Å². The molecule has 0 fully saturated rings. The van der Waals surface area contributed by atoms with Crippen LogP contribution in [0.2, 0.25) is 0 Å². The van der Waals surface area contributed by atoms with Gasteiger partial charge < -0.3 is 10.2 Å². The fraction of sp³-hybridized carbons (Fsp3) is 0.714. The van der Waals surface area contributed by atoms with E-state index in [9.17, 15) is 0 Å². The fourth-order valence-electron chi connectivity index (χ4n) is 0.824. The Morgan fingerprint density at radius 3 is 2.83 bits per heavy atom. The summed E-state index contributed by atoms with van der Waals surface area (Å²) in [7, 11) is 0. The monoisotopic (exact) mass is 187 g/mol. The number of nitrogens with zero attached hydrogens (tertiary/aromatic N) is 2. The van der Waals surface area contributed by atoms with E-state index < -0.39 is 0 Å². The Morgan fingerprint density at radius 2 is 2.17 bits per heavy atom. The predicted molar refractivity (Wildman–Crippen MR) is 48.9 cm³/mol. The minimum atomic E-state index is 0.667. The predicted octanol–water partition coefficient (Wildman–Crippen LogP) is 0.824. The average molecular weight is 187 g/mol. The summed E-state index contributed by atoms with van der Waals surface area (Å²) in [5.74, 6) is 2.19. The number of aryl methyl sites for hydroxylation is 1. The molecule has 1 heterocycles. The summed E-state index contributed by atoms with van der Waals surface area (Å²) in [6, 6.07) is 0. The second-order valence-electron chi connectivity index (χ2n) is 2.41. The van der Waals surface area contributed by atoms with Gasteiger partial charge in [0.2, 0.25) is 11.8 Å². The summed E-state index contributed by atoms with van der Waals surface area (Å²) in [6.07, 6.45) is 3.70. The minimum Gasteiger partial charge on any atom is -0.424 e. The molecule has 0 spiro atoms. The molecule has 0 unspecified atom stereocenters. The van der Waals surface area contributed by atoms with Crippen molar-refractivity contribution in [3.63, 3.8) is 0 Å². The summed E-state index contributed by atoms with van der Waals surface area (Å²) in [5.41, 5.74) is 5.35. The second kappa shape index (κ2) is 5.16. The molecule has 1 aromatic heterocycles. The molecule has 0 aliphatic carbocycles. The highest BCUT2D eigenvalue weighted by Crippen LogP contribution is 2.08. The van der Waals surface area contributed by atoms with Crippen LogP contribution in [0.4, 0.5) is 0 Å². The zero-order chi connectivity index (χ0) is 8.81.